The predicted octanol–water partition coefficient (Wildman–Crippen LogP) is 1.68. The van der Waals surface area contributed by atoms with E-state index in [0.29, 0.717) is 23.9 Å². The number of aromatic nitrogens is 2. The summed E-state index contributed by atoms with van der Waals surface area (Å²) in [5.74, 6) is 0.0827. The van der Waals surface area contributed by atoms with Gasteiger partial charge < -0.3 is 16.0 Å². The van der Waals surface area contributed by atoms with E-state index < -0.39 is 6.04 Å². The Bertz CT molecular complexity index is 783. The zero-order chi connectivity index (χ0) is 18.3. The highest BCUT2D eigenvalue weighted by molar-refractivity contribution is 7.20. The molecule has 3 rings (SSSR count). The van der Waals surface area contributed by atoms with Gasteiger partial charge in [0.05, 0.1) is 10.6 Å². The van der Waals surface area contributed by atoms with E-state index in [9.17, 15) is 9.59 Å². The number of nitrogens with two attached hydrogens (primary N) is 1. The van der Waals surface area contributed by atoms with Crippen LogP contribution in [0.3, 0.4) is 0 Å². The second kappa shape index (κ2) is 7.94. The highest BCUT2D eigenvalue weighted by atomic mass is 35.5. The number of nitrogens with zero attached hydrogens (tertiary/aromatic N) is 3. The molecule has 0 bridgehead atoms. The minimum Gasteiger partial charge on any atom is -0.340 e. The van der Waals surface area contributed by atoms with Crippen LogP contribution in [0.25, 0.3) is 10.2 Å². The van der Waals surface area contributed by atoms with Crippen LogP contribution >= 0.6 is 23.7 Å². The molecular formula is C17H26ClN5O2S. The molecule has 1 saturated heterocycles. The lowest BCUT2D eigenvalue weighted by Gasteiger charge is -2.25. The summed E-state index contributed by atoms with van der Waals surface area (Å²) in [4.78, 5) is 28.6. The molecule has 144 valence electrons. The van der Waals surface area contributed by atoms with Crippen molar-refractivity contribution < 1.29 is 9.59 Å². The molecule has 1 aliphatic rings. The van der Waals surface area contributed by atoms with E-state index in [1.54, 1.807) is 11.6 Å². The summed E-state index contributed by atoms with van der Waals surface area (Å²) in [6.45, 7) is 6.95. The van der Waals surface area contributed by atoms with Gasteiger partial charge in [-0.3, -0.25) is 14.3 Å². The van der Waals surface area contributed by atoms with Crippen LogP contribution in [0.2, 0.25) is 0 Å². The molecule has 2 aromatic heterocycles. The summed E-state index contributed by atoms with van der Waals surface area (Å²) in [6.07, 6.45) is 0.922. The van der Waals surface area contributed by atoms with Gasteiger partial charge in [-0.05, 0) is 45.7 Å². The third-order valence-corrected chi connectivity index (χ3v) is 6.12. The SMILES string of the molecule is Cc1nn(C)c2sc(C(=O)NC(C)C(=O)N3CC(CN)CC3C)cc12.Cl. The van der Waals surface area contributed by atoms with Crippen molar-refractivity contribution in [3.63, 3.8) is 0 Å². The number of amides is 2. The number of nitrogens with one attached hydrogen (secondary N) is 1. The lowest BCUT2D eigenvalue weighted by molar-refractivity contribution is -0.133. The largest absolute Gasteiger partial charge is 0.340 e. The van der Waals surface area contributed by atoms with Crippen LogP contribution < -0.4 is 11.1 Å². The molecule has 0 spiro atoms. The molecule has 2 aromatic rings. The van der Waals surface area contributed by atoms with Crippen molar-refractivity contribution in [3.05, 3.63) is 16.6 Å². The molecule has 3 N–H and O–H groups in total. The fourth-order valence-corrected chi connectivity index (χ4v) is 4.54. The van der Waals surface area contributed by atoms with Gasteiger partial charge in [0.25, 0.3) is 5.91 Å². The average molecular weight is 400 g/mol. The maximum atomic E-state index is 12.7. The lowest BCUT2D eigenvalue weighted by Crippen LogP contribution is -2.48. The molecule has 26 heavy (non-hydrogen) atoms. The number of fused-ring (bicyclic) bond motifs is 1. The summed E-state index contributed by atoms with van der Waals surface area (Å²) in [6, 6.07) is 1.45. The van der Waals surface area contributed by atoms with E-state index >= 15 is 0 Å². The Morgan fingerprint density at radius 1 is 1.50 bits per heavy atom. The van der Waals surface area contributed by atoms with Gasteiger partial charge in [0, 0.05) is 25.0 Å². The minimum absolute atomic E-state index is 0. The zero-order valence-electron chi connectivity index (χ0n) is 15.5. The molecule has 0 radical (unpaired) electrons. The smallest absolute Gasteiger partial charge is 0.262 e. The summed E-state index contributed by atoms with van der Waals surface area (Å²) in [5, 5.41) is 8.16. The molecule has 0 aliphatic carbocycles. The predicted molar refractivity (Wildman–Crippen MR) is 106 cm³/mol. The molecular weight excluding hydrogens is 374 g/mol. The molecule has 3 unspecified atom stereocenters. The highest BCUT2D eigenvalue weighted by Gasteiger charge is 2.34. The lowest BCUT2D eigenvalue weighted by atomic mass is 10.1. The fraction of sp³-hybridized carbons (Fsp3) is 0.588. The van der Waals surface area contributed by atoms with Crippen LogP contribution in [0.4, 0.5) is 0 Å². The normalized spacial score (nSPS) is 20.9. The molecule has 3 heterocycles. The topological polar surface area (TPSA) is 93.2 Å². The summed E-state index contributed by atoms with van der Waals surface area (Å²) in [7, 11) is 1.86. The number of halogens is 1. The first-order valence-corrected chi connectivity index (χ1v) is 9.38. The monoisotopic (exact) mass is 399 g/mol. The van der Waals surface area contributed by atoms with Crippen molar-refractivity contribution in [1.29, 1.82) is 0 Å². The van der Waals surface area contributed by atoms with Gasteiger partial charge in [0.15, 0.2) is 0 Å². The number of aryl methyl sites for hydroxylation is 2. The Hall–Kier alpha value is -1.64. The standard InChI is InChI=1S/C17H25N5O2S.ClH/c1-9-5-12(7-18)8-22(9)16(24)11(3)19-15(23)14-6-13-10(2)20-21(4)17(13)25-14;/h6,9,11-12H,5,7-8,18H2,1-4H3,(H,19,23);1H. The van der Waals surface area contributed by atoms with Crippen LogP contribution in [-0.2, 0) is 11.8 Å². The van der Waals surface area contributed by atoms with Gasteiger partial charge in [0.2, 0.25) is 5.91 Å². The van der Waals surface area contributed by atoms with E-state index in [0.717, 1.165) is 22.3 Å². The van der Waals surface area contributed by atoms with Crippen LogP contribution in [-0.4, -0.2) is 51.7 Å². The second-order valence-electron chi connectivity index (χ2n) is 6.91. The first-order chi connectivity index (χ1) is 11.8. The average Bonchev–Trinajstić information content (AvgIpc) is 3.23. The third kappa shape index (κ3) is 3.72. The van der Waals surface area contributed by atoms with Crippen LogP contribution in [0, 0.1) is 12.8 Å². The first kappa shape index (κ1) is 20.7. The van der Waals surface area contributed by atoms with Crippen LogP contribution in [0.1, 0.15) is 35.6 Å². The van der Waals surface area contributed by atoms with Gasteiger partial charge in [-0.1, -0.05) is 0 Å². The van der Waals surface area contributed by atoms with Crippen LogP contribution in [0.15, 0.2) is 6.07 Å². The number of carbonyl (C=O) groups is 2. The van der Waals surface area contributed by atoms with Crippen molar-refractivity contribution in [2.24, 2.45) is 18.7 Å². The maximum absolute atomic E-state index is 12.7. The van der Waals surface area contributed by atoms with Crippen molar-refractivity contribution in [3.8, 4) is 0 Å². The Balaban J connectivity index is 0.00000243. The van der Waals surface area contributed by atoms with E-state index in [1.165, 1.54) is 11.3 Å². The molecule has 0 aromatic carbocycles. The molecule has 2 amide bonds. The second-order valence-corrected chi connectivity index (χ2v) is 7.94. The number of rotatable bonds is 4. The molecule has 1 aliphatic heterocycles. The minimum atomic E-state index is -0.559. The number of hydrogen-bond donors (Lipinski definition) is 2. The third-order valence-electron chi connectivity index (χ3n) is 4.92. The Morgan fingerprint density at radius 2 is 2.19 bits per heavy atom. The highest BCUT2D eigenvalue weighted by Crippen LogP contribution is 2.28. The van der Waals surface area contributed by atoms with Crippen molar-refractivity contribution in [1.82, 2.24) is 20.0 Å². The maximum Gasteiger partial charge on any atom is 0.262 e. The van der Waals surface area contributed by atoms with Gasteiger partial charge in [-0.25, -0.2) is 0 Å². The molecule has 3 atom stereocenters. The van der Waals surface area contributed by atoms with Gasteiger partial charge >= 0.3 is 0 Å². The zero-order valence-corrected chi connectivity index (χ0v) is 17.1. The van der Waals surface area contributed by atoms with Crippen molar-refractivity contribution in [2.75, 3.05) is 13.1 Å². The summed E-state index contributed by atoms with van der Waals surface area (Å²) < 4.78 is 1.78. The van der Waals surface area contributed by atoms with Gasteiger partial charge in [-0.15, -0.1) is 23.7 Å². The van der Waals surface area contributed by atoms with Crippen molar-refractivity contribution >= 4 is 45.8 Å². The number of hydrogen-bond acceptors (Lipinski definition) is 5. The number of thiophene rings is 1. The van der Waals surface area contributed by atoms with Crippen LogP contribution in [0.5, 0.6) is 0 Å². The molecule has 1 fully saturated rings. The molecule has 9 heteroatoms. The summed E-state index contributed by atoms with van der Waals surface area (Å²) >= 11 is 1.39. The van der Waals surface area contributed by atoms with E-state index in [4.69, 9.17) is 5.73 Å². The molecule has 7 nitrogen and oxygen atoms in total. The van der Waals surface area contributed by atoms with Crippen molar-refractivity contribution in [2.45, 2.75) is 39.3 Å². The van der Waals surface area contributed by atoms with Gasteiger partial charge in [-0.2, -0.15) is 5.10 Å². The number of carbonyl (C=O) groups excluding carboxylic acids is 2. The fourth-order valence-electron chi connectivity index (χ4n) is 3.52. The van der Waals surface area contributed by atoms with Gasteiger partial charge in [0.1, 0.15) is 10.9 Å². The number of likely N-dealkylation sites (tertiary alicyclic amines) is 1. The molecule has 0 saturated carbocycles. The van der Waals surface area contributed by atoms with E-state index in [-0.39, 0.29) is 30.3 Å². The summed E-state index contributed by atoms with van der Waals surface area (Å²) in [5.41, 5.74) is 6.63. The van der Waals surface area contributed by atoms with E-state index in [2.05, 4.69) is 10.4 Å². The quantitative estimate of drug-likeness (QED) is 0.817. The van der Waals surface area contributed by atoms with E-state index in [1.807, 2.05) is 31.9 Å². The first-order valence-electron chi connectivity index (χ1n) is 8.56. The Labute approximate surface area is 163 Å². The Kier molecular flexibility index (Phi) is 6.31. The Morgan fingerprint density at radius 3 is 2.77 bits per heavy atom.